The van der Waals surface area contributed by atoms with Gasteiger partial charge in [-0.05, 0) is 19.3 Å². The van der Waals surface area contributed by atoms with E-state index in [9.17, 15) is 4.79 Å². The molecule has 0 unspecified atom stereocenters. The van der Waals surface area contributed by atoms with E-state index in [-0.39, 0.29) is 5.69 Å². The van der Waals surface area contributed by atoms with Crippen LogP contribution in [0.5, 0.6) is 0 Å². The Hall–Kier alpha value is -2.55. The second-order valence-corrected chi connectivity index (χ2v) is 5.84. The minimum Gasteiger partial charge on any atom is -0.305 e. The molecule has 0 aliphatic heterocycles. The number of benzene rings is 2. The zero-order chi connectivity index (χ0) is 14.9. The number of aromatic amines is 1. The topological polar surface area (TPSA) is 37.8 Å². The van der Waals surface area contributed by atoms with Crippen molar-refractivity contribution in [3.63, 3.8) is 0 Å². The molecule has 1 aliphatic carbocycles. The van der Waals surface area contributed by atoms with Crippen LogP contribution in [0.15, 0.2) is 65.5 Å². The smallest absolute Gasteiger partial charge is 0.305 e. The van der Waals surface area contributed by atoms with Crippen molar-refractivity contribution in [2.75, 3.05) is 0 Å². The van der Waals surface area contributed by atoms with Crippen molar-refractivity contribution in [3.05, 3.63) is 71.1 Å². The Kier molecular flexibility index (Phi) is 3.19. The Balaban J connectivity index is 1.97. The fourth-order valence-corrected chi connectivity index (χ4v) is 3.13. The minimum atomic E-state index is 0.00223. The van der Waals surface area contributed by atoms with Crippen LogP contribution in [-0.2, 0) is 0 Å². The number of hydrogen-bond donors (Lipinski definition) is 1. The molecule has 1 N–H and O–H groups in total. The molecule has 3 nitrogen and oxygen atoms in total. The molecule has 1 saturated carbocycles. The van der Waals surface area contributed by atoms with E-state index < -0.39 is 0 Å². The first-order chi connectivity index (χ1) is 10.8. The largest absolute Gasteiger partial charge is 0.326 e. The van der Waals surface area contributed by atoms with Crippen molar-refractivity contribution in [2.24, 2.45) is 0 Å². The summed E-state index contributed by atoms with van der Waals surface area (Å²) in [5.41, 5.74) is 4.08. The van der Waals surface area contributed by atoms with Gasteiger partial charge in [0.25, 0.3) is 0 Å². The first kappa shape index (κ1) is 13.1. The van der Waals surface area contributed by atoms with Crippen LogP contribution in [0.1, 0.15) is 25.3 Å². The number of aromatic nitrogens is 2. The lowest BCUT2D eigenvalue weighted by atomic mass is 9.92. The summed E-state index contributed by atoms with van der Waals surface area (Å²) in [5, 5.41) is 0. The summed E-state index contributed by atoms with van der Waals surface area (Å²) >= 11 is 0. The minimum absolute atomic E-state index is 0.00223. The standard InChI is InChI=1S/C19H18N2O/c22-19-20-17(14-8-3-1-4-9-14)18(15-10-5-2-6-11-15)21(19)16-12-7-13-16/h1-6,8-11,16H,7,12-13H2,(H,20,22). The third kappa shape index (κ3) is 2.10. The molecule has 0 radical (unpaired) electrons. The van der Waals surface area contributed by atoms with E-state index in [4.69, 9.17) is 0 Å². The number of nitrogens with zero attached hydrogens (tertiary/aromatic N) is 1. The van der Waals surface area contributed by atoms with Gasteiger partial charge in [0.15, 0.2) is 0 Å². The first-order valence-corrected chi connectivity index (χ1v) is 7.80. The van der Waals surface area contributed by atoms with Gasteiger partial charge in [0.2, 0.25) is 0 Å². The highest BCUT2D eigenvalue weighted by Crippen LogP contribution is 2.37. The molecule has 22 heavy (non-hydrogen) atoms. The average Bonchev–Trinajstić information content (AvgIpc) is 2.85. The molecule has 0 amide bonds. The average molecular weight is 290 g/mol. The summed E-state index contributed by atoms with van der Waals surface area (Å²) in [6.45, 7) is 0. The predicted octanol–water partition coefficient (Wildman–Crippen LogP) is 4.24. The van der Waals surface area contributed by atoms with Crippen molar-refractivity contribution in [2.45, 2.75) is 25.3 Å². The van der Waals surface area contributed by atoms with Crippen molar-refractivity contribution in [3.8, 4) is 22.5 Å². The number of hydrogen-bond acceptors (Lipinski definition) is 1. The molecule has 1 aromatic heterocycles. The van der Waals surface area contributed by atoms with Gasteiger partial charge in [-0.15, -0.1) is 0 Å². The number of rotatable bonds is 3. The van der Waals surface area contributed by atoms with E-state index in [1.165, 1.54) is 6.42 Å². The SMILES string of the molecule is O=c1[nH]c(-c2ccccc2)c(-c2ccccc2)n1C1CCC1. The zero-order valence-corrected chi connectivity index (χ0v) is 12.3. The Morgan fingerprint density at radius 3 is 2.00 bits per heavy atom. The Morgan fingerprint density at radius 1 is 0.864 bits per heavy atom. The molecule has 4 rings (SSSR count). The molecule has 1 heterocycles. The predicted molar refractivity (Wildman–Crippen MR) is 88.8 cm³/mol. The monoisotopic (exact) mass is 290 g/mol. The van der Waals surface area contributed by atoms with Crippen LogP contribution in [0.4, 0.5) is 0 Å². The molecule has 3 heteroatoms. The molecule has 1 aliphatic rings. The highest BCUT2D eigenvalue weighted by molar-refractivity contribution is 5.78. The van der Waals surface area contributed by atoms with Gasteiger partial charge in [0.05, 0.1) is 11.4 Å². The van der Waals surface area contributed by atoms with E-state index in [0.29, 0.717) is 6.04 Å². The van der Waals surface area contributed by atoms with Gasteiger partial charge in [-0.3, -0.25) is 4.57 Å². The fourth-order valence-electron chi connectivity index (χ4n) is 3.13. The Bertz CT molecular complexity index is 827. The van der Waals surface area contributed by atoms with Gasteiger partial charge in [-0.1, -0.05) is 60.7 Å². The summed E-state index contributed by atoms with van der Waals surface area (Å²) in [4.78, 5) is 15.6. The second kappa shape index (κ2) is 5.34. The Labute approximate surface area is 129 Å². The molecular formula is C19H18N2O. The van der Waals surface area contributed by atoms with Crippen molar-refractivity contribution in [1.82, 2.24) is 9.55 Å². The van der Waals surface area contributed by atoms with Crippen LogP contribution < -0.4 is 5.69 Å². The van der Waals surface area contributed by atoms with Crippen molar-refractivity contribution >= 4 is 0 Å². The maximum atomic E-state index is 12.5. The quantitative estimate of drug-likeness (QED) is 0.770. The molecule has 0 saturated heterocycles. The van der Waals surface area contributed by atoms with Crippen molar-refractivity contribution in [1.29, 1.82) is 0 Å². The van der Waals surface area contributed by atoms with E-state index in [1.54, 1.807) is 0 Å². The van der Waals surface area contributed by atoms with Gasteiger partial charge < -0.3 is 4.98 Å². The van der Waals surface area contributed by atoms with Crippen LogP contribution in [0.25, 0.3) is 22.5 Å². The van der Waals surface area contributed by atoms with E-state index in [2.05, 4.69) is 17.1 Å². The van der Waals surface area contributed by atoms with Crippen LogP contribution in [0.2, 0.25) is 0 Å². The zero-order valence-electron chi connectivity index (χ0n) is 12.3. The third-order valence-corrected chi connectivity index (χ3v) is 4.48. The van der Waals surface area contributed by atoms with Gasteiger partial charge in [-0.2, -0.15) is 0 Å². The highest BCUT2D eigenvalue weighted by atomic mass is 16.1. The lowest BCUT2D eigenvalue weighted by Gasteiger charge is -2.28. The third-order valence-electron chi connectivity index (χ3n) is 4.48. The lowest BCUT2D eigenvalue weighted by Crippen LogP contribution is -2.27. The summed E-state index contributed by atoms with van der Waals surface area (Å²) in [7, 11) is 0. The van der Waals surface area contributed by atoms with Crippen molar-refractivity contribution < 1.29 is 0 Å². The summed E-state index contributed by atoms with van der Waals surface area (Å²) in [6.07, 6.45) is 3.38. The molecule has 2 aromatic carbocycles. The van der Waals surface area contributed by atoms with Crippen LogP contribution >= 0.6 is 0 Å². The number of imidazole rings is 1. The maximum Gasteiger partial charge on any atom is 0.326 e. The Morgan fingerprint density at radius 2 is 1.45 bits per heavy atom. The molecule has 3 aromatic rings. The van der Waals surface area contributed by atoms with Crippen LogP contribution in [-0.4, -0.2) is 9.55 Å². The lowest BCUT2D eigenvalue weighted by molar-refractivity contribution is 0.310. The molecule has 0 atom stereocenters. The molecule has 0 bridgehead atoms. The van der Waals surface area contributed by atoms with Gasteiger partial charge in [0, 0.05) is 17.2 Å². The fraction of sp³-hybridized carbons (Fsp3) is 0.211. The van der Waals surface area contributed by atoms with Gasteiger partial charge >= 0.3 is 5.69 Å². The number of H-pyrrole nitrogens is 1. The molecule has 1 fully saturated rings. The van der Waals surface area contributed by atoms with E-state index in [1.807, 2.05) is 53.1 Å². The van der Waals surface area contributed by atoms with Gasteiger partial charge in [0.1, 0.15) is 0 Å². The summed E-state index contributed by atoms with van der Waals surface area (Å²) in [6, 6.07) is 20.6. The highest BCUT2D eigenvalue weighted by Gasteiger charge is 2.27. The van der Waals surface area contributed by atoms with E-state index >= 15 is 0 Å². The molecule has 0 spiro atoms. The normalized spacial score (nSPS) is 14.7. The van der Waals surface area contributed by atoms with Crippen LogP contribution in [0.3, 0.4) is 0 Å². The number of nitrogens with one attached hydrogen (secondary N) is 1. The first-order valence-electron chi connectivity index (χ1n) is 7.80. The molecule has 110 valence electrons. The second-order valence-electron chi connectivity index (χ2n) is 5.84. The van der Waals surface area contributed by atoms with Gasteiger partial charge in [-0.25, -0.2) is 4.79 Å². The maximum absolute atomic E-state index is 12.5. The summed E-state index contributed by atoms with van der Waals surface area (Å²) in [5.74, 6) is 0. The van der Waals surface area contributed by atoms with E-state index in [0.717, 1.165) is 35.4 Å². The van der Waals surface area contributed by atoms with Crippen LogP contribution in [0, 0.1) is 0 Å². The summed E-state index contributed by atoms with van der Waals surface area (Å²) < 4.78 is 1.96. The molecular weight excluding hydrogens is 272 g/mol.